The lowest BCUT2D eigenvalue weighted by Crippen LogP contribution is -2.28. The molecule has 39 heavy (non-hydrogen) atoms. The summed E-state index contributed by atoms with van der Waals surface area (Å²) in [6.45, 7) is 4.54. The Morgan fingerprint density at radius 1 is 0.795 bits per heavy atom. The number of esters is 1. The molecule has 2 unspecified atom stereocenters. The molecule has 0 bridgehead atoms. The first kappa shape index (κ1) is 37.5. The summed E-state index contributed by atoms with van der Waals surface area (Å²) in [6.07, 6.45) is 28.8. The predicted octanol–water partition coefficient (Wildman–Crippen LogP) is 7.34. The molecule has 0 fully saturated rings. The maximum atomic E-state index is 12.3. The highest BCUT2D eigenvalue weighted by atomic mass is 31.2. The van der Waals surface area contributed by atoms with Gasteiger partial charge in [0.15, 0.2) is 0 Å². The third-order valence-electron chi connectivity index (χ3n) is 5.51. The maximum Gasteiger partial charge on any atom is 0.472 e. The Morgan fingerprint density at radius 3 is 2.05 bits per heavy atom. The third-order valence-corrected chi connectivity index (χ3v) is 6.49. The average molecular weight is 572 g/mol. The van der Waals surface area contributed by atoms with E-state index in [1.54, 1.807) is 0 Å². The largest absolute Gasteiger partial charge is 0.472 e. The van der Waals surface area contributed by atoms with Crippen LogP contribution in [-0.4, -0.2) is 49.9 Å². The third kappa shape index (κ3) is 27.8. The Hall–Kier alpha value is -1.54. The first-order chi connectivity index (χ1) is 18.9. The first-order valence-corrected chi connectivity index (χ1v) is 16.1. The molecule has 0 heterocycles. The number of allylic oxidation sites excluding steroid dienone is 8. The second-order valence-corrected chi connectivity index (χ2v) is 10.7. The van der Waals surface area contributed by atoms with Gasteiger partial charge >= 0.3 is 13.8 Å². The fourth-order valence-electron chi connectivity index (χ4n) is 3.41. The van der Waals surface area contributed by atoms with Gasteiger partial charge in [-0.15, -0.1) is 0 Å². The summed E-state index contributed by atoms with van der Waals surface area (Å²) in [5.74, 6) is -0.363. The van der Waals surface area contributed by atoms with Gasteiger partial charge < -0.3 is 20.1 Å². The van der Waals surface area contributed by atoms with Crippen molar-refractivity contribution in [2.45, 2.75) is 103 Å². The van der Waals surface area contributed by atoms with Crippen molar-refractivity contribution in [3.63, 3.8) is 0 Å². The van der Waals surface area contributed by atoms with Crippen LogP contribution in [0, 0.1) is 0 Å². The van der Waals surface area contributed by atoms with E-state index in [4.69, 9.17) is 24.3 Å². The Balaban J connectivity index is 4.27. The standard InChI is InChI=1S/C30H54NO7P/c1-3-5-7-9-11-12-13-14-15-16-17-18-20-22-25-35-27-29(28-37-39(33,34)36-26-24-31)38-30(32)23-21-19-10-8-6-4-2/h5,7,11-12,14-15,17-18,29H,3-4,6,8-10,13,16,19-28,31H2,1-2H3,(H,33,34)/b7-5-,12-11-,15-14-,18-17-. The molecule has 0 saturated heterocycles. The molecule has 0 saturated carbocycles. The highest BCUT2D eigenvalue weighted by molar-refractivity contribution is 7.47. The SMILES string of the molecule is CC/C=C\C/C=C\C/C=C\C/C=C\CCCOCC(COP(=O)(O)OCCN)OC(=O)CCCCCCCC. The fourth-order valence-corrected chi connectivity index (χ4v) is 4.17. The van der Waals surface area contributed by atoms with Gasteiger partial charge in [0.1, 0.15) is 6.10 Å². The number of hydrogen-bond donors (Lipinski definition) is 2. The Bertz CT molecular complexity index is 737. The van der Waals surface area contributed by atoms with Crippen LogP contribution in [-0.2, 0) is 27.9 Å². The average Bonchev–Trinajstić information content (AvgIpc) is 2.92. The molecule has 0 aromatic rings. The van der Waals surface area contributed by atoms with Crippen LogP contribution in [0.5, 0.6) is 0 Å². The second-order valence-electron chi connectivity index (χ2n) is 9.23. The zero-order chi connectivity index (χ0) is 28.9. The molecule has 0 spiro atoms. The predicted molar refractivity (Wildman–Crippen MR) is 159 cm³/mol. The summed E-state index contributed by atoms with van der Waals surface area (Å²) < 4.78 is 32.8. The number of rotatable bonds is 27. The normalized spacial score (nSPS) is 14.7. The minimum absolute atomic E-state index is 0.0767. The van der Waals surface area contributed by atoms with E-state index in [-0.39, 0.29) is 32.3 Å². The zero-order valence-corrected chi connectivity index (χ0v) is 25.2. The second kappa shape index (κ2) is 28.0. The topological polar surface area (TPSA) is 117 Å². The van der Waals surface area contributed by atoms with Crippen molar-refractivity contribution in [3.8, 4) is 0 Å². The summed E-state index contributed by atoms with van der Waals surface area (Å²) in [7, 11) is -4.27. The van der Waals surface area contributed by atoms with Gasteiger partial charge in [-0.1, -0.05) is 94.6 Å². The lowest BCUT2D eigenvalue weighted by molar-refractivity contribution is -0.154. The van der Waals surface area contributed by atoms with E-state index in [0.29, 0.717) is 13.0 Å². The van der Waals surface area contributed by atoms with Crippen molar-refractivity contribution in [3.05, 3.63) is 48.6 Å². The van der Waals surface area contributed by atoms with Gasteiger partial charge in [-0.05, 0) is 44.9 Å². The van der Waals surface area contributed by atoms with Crippen molar-refractivity contribution < 1.29 is 32.8 Å². The summed E-state index contributed by atoms with van der Waals surface area (Å²) in [4.78, 5) is 22.0. The van der Waals surface area contributed by atoms with Crippen LogP contribution < -0.4 is 5.73 Å². The molecule has 8 nitrogen and oxygen atoms in total. The summed E-state index contributed by atoms with van der Waals surface area (Å²) in [5.41, 5.74) is 5.30. The number of hydrogen-bond acceptors (Lipinski definition) is 7. The molecule has 2 atom stereocenters. The van der Waals surface area contributed by atoms with E-state index >= 15 is 0 Å². The van der Waals surface area contributed by atoms with Gasteiger partial charge in [0.25, 0.3) is 0 Å². The molecule has 0 aromatic carbocycles. The fraction of sp³-hybridized carbons (Fsp3) is 0.700. The van der Waals surface area contributed by atoms with Crippen molar-refractivity contribution in [2.75, 3.05) is 33.0 Å². The van der Waals surface area contributed by atoms with Gasteiger partial charge in [-0.3, -0.25) is 13.8 Å². The highest BCUT2D eigenvalue weighted by Crippen LogP contribution is 2.43. The molecule has 0 amide bonds. The van der Waals surface area contributed by atoms with Crippen LogP contribution in [0.25, 0.3) is 0 Å². The number of phosphoric ester groups is 1. The Morgan fingerprint density at radius 2 is 1.41 bits per heavy atom. The van der Waals surface area contributed by atoms with Gasteiger partial charge in [0.2, 0.25) is 0 Å². The van der Waals surface area contributed by atoms with E-state index in [1.807, 2.05) is 0 Å². The van der Waals surface area contributed by atoms with E-state index in [2.05, 4.69) is 62.5 Å². The Kier molecular flexibility index (Phi) is 26.9. The molecule has 226 valence electrons. The van der Waals surface area contributed by atoms with E-state index < -0.39 is 13.9 Å². The van der Waals surface area contributed by atoms with Gasteiger partial charge in [-0.25, -0.2) is 4.57 Å². The van der Waals surface area contributed by atoms with E-state index in [1.165, 1.54) is 19.3 Å². The molecule has 0 radical (unpaired) electrons. The van der Waals surface area contributed by atoms with Crippen LogP contribution >= 0.6 is 7.82 Å². The smallest absolute Gasteiger partial charge is 0.457 e. The number of unbranched alkanes of at least 4 members (excludes halogenated alkanes) is 6. The number of nitrogens with two attached hydrogens (primary N) is 1. The zero-order valence-electron chi connectivity index (χ0n) is 24.3. The minimum Gasteiger partial charge on any atom is -0.457 e. The molecular weight excluding hydrogens is 517 g/mol. The lowest BCUT2D eigenvalue weighted by atomic mass is 10.1. The quantitative estimate of drug-likeness (QED) is 0.0455. The first-order valence-electron chi connectivity index (χ1n) is 14.6. The molecule has 0 rings (SSSR count). The van der Waals surface area contributed by atoms with Crippen molar-refractivity contribution in [1.82, 2.24) is 0 Å². The highest BCUT2D eigenvalue weighted by Gasteiger charge is 2.25. The molecule has 9 heteroatoms. The summed E-state index contributed by atoms with van der Waals surface area (Å²) >= 11 is 0. The monoisotopic (exact) mass is 571 g/mol. The van der Waals surface area contributed by atoms with E-state index in [0.717, 1.165) is 57.8 Å². The number of carbonyl (C=O) groups is 1. The molecule has 0 aliphatic carbocycles. The van der Waals surface area contributed by atoms with Crippen LogP contribution in [0.15, 0.2) is 48.6 Å². The summed E-state index contributed by atoms with van der Waals surface area (Å²) in [5, 5.41) is 0. The summed E-state index contributed by atoms with van der Waals surface area (Å²) in [6, 6.07) is 0. The minimum atomic E-state index is -4.27. The molecule has 3 N–H and O–H groups in total. The molecular formula is C30H54NO7P. The van der Waals surface area contributed by atoms with Crippen LogP contribution in [0.4, 0.5) is 0 Å². The van der Waals surface area contributed by atoms with Crippen molar-refractivity contribution in [1.29, 1.82) is 0 Å². The van der Waals surface area contributed by atoms with Gasteiger partial charge in [0, 0.05) is 19.6 Å². The van der Waals surface area contributed by atoms with Gasteiger partial charge in [-0.2, -0.15) is 0 Å². The Labute approximate surface area is 237 Å². The molecule has 0 aliphatic rings. The van der Waals surface area contributed by atoms with Gasteiger partial charge in [0.05, 0.1) is 19.8 Å². The van der Waals surface area contributed by atoms with Crippen molar-refractivity contribution in [2.24, 2.45) is 5.73 Å². The van der Waals surface area contributed by atoms with Crippen LogP contribution in [0.1, 0.15) is 97.3 Å². The molecule has 0 aliphatic heterocycles. The maximum absolute atomic E-state index is 12.3. The van der Waals surface area contributed by atoms with Crippen LogP contribution in [0.3, 0.4) is 0 Å². The number of phosphoric acid groups is 1. The molecule has 0 aromatic heterocycles. The number of ether oxygens (including phenoxy) is 2. The van der Waals surface area contributed by atoms with Crippen LogP contribution in [0.2, 0.25) is 0 Å². The lowest BCUT2D eigenvalue weighted by Gasteiger charge is -2.20. The van der Waals surface area contributed by atoms with E-state index in [9.17, 15) is 14.3 Å². The number of carbonyl (C=O) groups excluding carboxylic acids is 1. The van der Waals surface area contributed by atoms with Crippen molar-refractivity contribution >= 4 is 13.8 Å².